The molecule has 2 atom stereocenters. The molecule has 1 aliphatic heterocycles. The van der Waals surface area contributed by atoms with Crippen molar-refractivity contribution in [3.05, 3.63) is 77.6 Å². The van der Waals surface area contributed by atoms with Gasteiger partial charge >= 0.3 is 0 Å². The Morgan fingerprint density at radius 3 is 2.57 bits per heavy atom. The van der Waals surface area contributed by atoms with Gasteiger partial charge in [-0.2, -0.15) is 0 Å². The van der Waals surface area contributed by atoms with E-state index in [-0.39, 0.29) is 18.1 Å². The van der Waals surface area contributed by atoms with Crippen LogP contribution in [0.15, 0.2) is 55.0 Å². The number of aromatic nitrogens is 3. The second kappa shape index (κ2) is 7.36. The van der Waals surface area contributed by atoms with E-state index in [4.69, 9.17) is 12.2 Å². The van der Waals surface area contributed by atoms with Crippen LogP contribution in [0.25, 0.3) is 5.69 Å². The molecule has 5 nitrogen and oxygen atoms in total. The van der Waals surface area contributed by atoms with Gasteiger partial charge in [-0.1, -0.05) is 6.07 Å². The number of rotatable bonds is 4. The number of aryl methyl sites for hydroxylation is 1. The van der Waals surface area contributed by atoms with E-state index in [2.05, 4.69) is 70.6 Å². The van der Waals surface area contributed by atoms with E-state index in [1.807, 2.05) is 30.6 Å². The van der Waals surface area contributed by atoms with E-state index in [1.165, 1.54) is 17.0 Å². The van der Waals surface area contributed by atoms with Gasteiger partial charge in [0.1, 0.15) is 0 Å². The minimum absolute atomic E-state index is 0.0129. The van der Waals surface area contributed by atoms with Crippen LogP contribution in [0.5, 0.6) is 0 Å². The molecule has 1 saturated heterocycles. The van der Waals surface area contributed by atoms with Crippen molar-refractivity contribution in [2.45, 2.75) is 45.8 Å². The minimum Gasteiger partial charge on any atom is -0.352 e. The third-order valence-corrected chi connectivity index (χ3v) is 5.71. The summed E-state index contributed by atoms with van der Waals surface area (Å²) >= 11 is 5.72. The third-order valence-electron chi connectivity index (χ3n) is 5.38. The van der Waals surface area contributed by atoms with Crippen LogP contribution >= 0.6 is 12.2 Å². The molecular formula is C22H25N5S. The third kappa shape index (κ3) is 3.07. The molecular weight excluding hydrogens is 366 g/mol. The van der Waals surface area contributed by atoms with Crippen molar-refractivity contribution in [2.75, 3.05) is 0 Å². The van der Waals surface area contributed by atoms with Crippen LogP contribution in [-0.2, 0) is 0 Å². The summed E-state index contributed by atoms with van der Waals surface area (Å²) < 4.78 is 2.26. The molecule has 3 aromatic rings. The molecule has 1 N–H and O–H groups in total. The molecule has 3 aromatic heterocycles. The summed E-state index contributed by atoms with van der Waals surface area (Å²) in [5, 5.41) is 4.30. The summed E-state index contributed by atoms with van der Waals surface area (Å²) in [6.45, 7) is 8.68. The maximum Gasteiger partial charge on any atom is 0.170 e. The maximum atomic E-state index is 5.72. The molecule has 0 aromatic carbocycles. The predicted molar refractivity (Wildman–Crippen MR) is 115 cm³/mol. The maximum absolute atomic E-state index is 5.72. The highest BCUT2D eigenvalue weighted by molar-refractivity contribution is 7.80. The van der Waals surface area contributed by atoms with E-state index < -0.39 is 0 Å². The molecule has 4 heterocycles. The molecule has 0 amide bonds. The number of thiocarbonyl (C=S) groups is 1. The van der Waals surface area contributed by atoms with Gasteiger partial charge in [0.25, 0.3) is 0 Å². The van der Waals surface area contributed by atoms with Gasteiger partial charge in [-0.05, 0) is 75.8 Å². The molecule has 1 fully saturated rings. The monoisotopic (exact) mass is 391 g/mol. The molecule has 0 spiro atoms. The normalized spacial score (nSPS) is 19.3. The summed E-state index contributed by atoms with van der Waals surface area (Å²) in [7, 11) is 0. The fraction of sp³-hybridized carbons (Fsp3) is 0.318. The first-order valence-corrected chi connectivity index (χ1v) is 9.99. The second-order valence-corrected chi connectivity index (χ2v) is 7.89. The van der Waals surface area contributed by atoms with Gasteiger partial charge in [0.05, 0.1) is 29.7 Å². The average molecular weight is 392 g/mol. The summed E-state index contributed by atoms with van der Waals surface area (Å²) in [6.07, 6.45) is 5.54. The quantitative estimate of drug-likeness (QED) is 0.673. The molecule has 0 saturated carbocycles. The highest BCUT2D eigenvalue weighted by Gasteiger charge is 2.42. The Hall–Kier alpha value is -2.73. The number of hydrogen-bond donors (Lipinski definition) is 1. The summed E-state index contributed by atoms with van der Waals surface area (Å²) in [6, 6.07) is 12.7. The van der Waals surface area contributed by atoms with Crippen LogP contribution < -0.4 is 5.32 Å². The van der Waals surface area contributed by atoms with E-state index in [0.29, 0.717) is 0 Å². The van der Waals surface area contributed by atoms with Crippen molar-refractivity contribution in [3.8, 4) is 5.69 Å². The Morgan fingerprint density at radius 1 is 1.11 bits per heavy atom. The number of nitrogens with one attached hydrogen (secondary N) is 1. The number of pyridine rings is 2. The first kappa shape index (κ1) is 18.6. The van der Waals surface area contributed by atoms with Gasteiger partial charge in [0.15, 0.2) is 5.11 Å². The smallest absolute Gasteiger partial charge is 0.170 e. The van der Waals surface area contributed by atoms with Gasteiger partial charge in [-0.25, -0.2) is 0 Å². The molecule has 6 heteroatoms. The van der Waals surface area contributed by atoms with Crippen molar-refractivity contribution < 1.29 is 0 Å². The van der Waals surface area contributed by atoms with Crippen molar-refractivity contribution in [2.24, 2.45) is 0 Å². The first-order chi connectivity index (χ1) is 13.5. The van der Waals surface area contributed by atoms with Gasteiger partial charge in [-0.3, -0.25) is 9.97 Å². The Balaban J connectivity index is 1.86. The minimum atomic E-state index is 0.0129. The van der Waals surface area contributed by atoms with E-state index in [1.54, 1.807) is 6.20 Å². The van der Waals surface area contributed by atoms with Crippen LogP contribution in [0.3, 0.4) is 0 Å². The molecule has 2 unspecified atom stereocenters. The van der Waals surface area contributed by atoms with E-state index in [0.717, 1.165) is 16.5 Å². The topological polar surface area (TPSA) is 46.0 Å². The highest BCUT2D eigenvalue weighted by atomic mass is 32.1. The van der Waals surface area contributed by atoms with Gasteiger partial charge in [0.2, 0.25) is 0 Å². The fourth-order valence-electron chi connectivity index (χ4n) is 4.22. The zero-order chi connectivity index (χ0) is 19.8. The van der Waals surface area contributed by atoms with Crippen molar-refractivity contribution in [1.82, 2.24) is 24.8 Å². The Labute approximate surface area is 171 Å². The standard InChI is InChI=1S/C22H25N5S/c1-14(2)26-21(20(25-22(26)28)19-9-5-6-11-24-19)18-12-15(3)27(16(18)4)17-8-7-10-23-13-17/h5-14,20-21H,1-4H3,(H,25,28). The Kier molecular flexibility index (Phi) is 4.89. The first-order valence-electron chi connectivity index (χ1n) is 9.58. The highest BCUT2D eigenvalue weighted by Crippen LogP contribution is 2.42. The summed E-state index contributed by atoms with van der Waals surface area (Å²) in [4.78, 5) is 11.2. The predicted octanol–water partition coefficient (Wildman–Crippen LogP) is 4.27. The lowest BCUT2D eigenvalue weighted by Crippen LogP contribution is -2.35. The Bertz CT molecular complexity index is 981. The van der Waals surface area contributed by atoms with Gasteiger partial charge in [-0.15, -0.1) is 0 Å². The lowest BCUT2D eigenvalue weighted by atomic mass is 9.96. The van der Waals surface area contributed by atoms with Crippen LogP contribution in [0.1, 0.15) is 48.6 Å². The number of nitrogens with zero attached hydrogens (tertiary/aromatic N) is 4. The lowest BCUT2D eigenvalue weighted by Gasteiger charge is -2.31. The van der Waals surface area contributed by atoms with Gasteiger partial charge in [0, 0.05) is 29.8 Å². The van der Waals surface area contributed by atoms with Crippen molar-refractivity contribution >= 4 is 17.3 Å². The van der Waals surface area contributed by atoms with E-state index >= 15 is 0 Å². The summed E-state index contributed by atoms with van der Waals surface area (Å²) in [5.74, 6) is 0. The zero-order valence-electron chi connectivity index (χ0n) is 16.6. The SMILES string of the molecule is Cc1cc(C2C(c3ccccn3)NC(=S)N2C(C)C)c(C)n1-c1cccnc1. The molecule has 1 aliphatic rings. The van der Waals surface area contributed by atoms with Crippen LogP contribution in [0.4, 0.5) is 0 Å². The molecule has 0 radical (unpaired) electrons. The lowest BCUT2D eigenvalue weighted by molar-refractivity contribution is 0.269. The molecule has 144 valence electrons. The second-order valence-electron chi connectivity index (χ2n) is 7.50. The molecule has 0 bridgehead atoms. The molecule has 4 rings (SSSR count). The molecule has 0 aliphatic carbocycles. The zero-order valence-corrected chi connectivity index (χ0v) is 17.4. The Morgan fingerprint density at radius 2 is 1.93 bits per heavy atom. The van der Waals surface area contributed by atoms with Crippen molar-refractivity contribution in [1.29, 1.82) is 0 Å². The fourth-order valence-corrected chi connectivity index (χ4v) is 4.68. The van der Waals surface area contributed by atoms with Crippen molar-refractivity contribution in [3.63, 3.8) is 0 Å². The van der Waals surface area contributed by atoms with Crippen LogP contribution in [-0.4, -0.2) is 30.6 Å². The largest absolute Gasteiger partial charge is 0.352 e. The van der Waals surface area contributed by atoms with Crippen LogP contribution in [0, 0.1) is 13.8 Å². The summed E-state index contributed by atoms with van der Waals surface area (Å²) in [5.41, 5.74) is 5.72. The van der Waals surface area contributed by atoms with Gasteiger partial charge < -0.3 is 14.8 Å². The number of hydrogen-bond acceptors (Lipinski definition) is 3. The average Bonchev–Trinajstić information content (AvgIpc) is 3.19. The van der Waals surface area contributed by atoms with E-state index in [9.17, 15) is 0 Å². The molecule has 28 heavy (non-hydrogen) atoms. The van der Waals surface area contributed by atoms with Crippen LogP contribution in [0.2, 0.25) is 0 Å².